The van der Waals surface area contributed by atoms with Crippen LogP contribution in [0.25, 0.3) is 0 Å². The summed E-state index contributed by atoms with van der Waals surface area (Å²) in [5.74, 6) is -0.852. The van der Waals surface area contributed by atoms with Crippen LogP contribution in [0.2, 0.25) is 0 Å². The molecule has 0 aromatic carbocycles. The van der Waals surface area contributed by atoms with Crippen molar-refractivity contribution >= 4 is 11.7 Å². The van der Waals surface area contributed by atoms with Gasteiger partial charge < -0.3 is 10.0 Å². The molecule has 1 aliphatic heterocycles. The molecule has 2 atom stereocenters. The van der Waals surface area contributed by atoms with E-state index in [2.05, 4.69) is 16.8 Å². The summed E-state index contributed by atoms with van der Waals surface area (Å²) in [6, 6.07) is 4.21. The Hall–Kier alpha value is -1.58. The molecule has 4 nitrogen and oxygen atoms in total. The normalized spacial score (nSPS) is 25.4. The molecular weight excluding hydrogens is 204 g/mol. The highest BCUT2D eigenvalue weighted by Gasteiger charge is 2.29. The number of aliphatic carboxylic acids is 1. The lowest BCUT2D eigenvalue weighted by Crippen LogP contribution is -2.42. The molecule has 1 fully saturated rings. The topological polar surface area (TPSA) is 53.4 Å². The van der Waals surface area contributed by atoms with Crippen LogP contribution in [0.1, 0.15) is 19.8 Å². The largest absolute Gasteiger partial charge is 0.481 e. The lowest BCUT2D eigenvalue weighted by Gasteiger charge is -2.37. The highest BCUT2D eigenvalue weighted by atomic mass is 16.4. The summed E-state index contributed by atoms with van der Waals surface area (Å²) in [6.45, 7) is 2.89. The number of hydrogen-bond donors (Lipinski definition) is 1. The third-order valence-electron chi connectivity index (χ3n) is 3.22. The third-order valence-corrected chi connectivity index (χ3v) is 3.22. The molecule has 1 aromatic rings. The zero-order valence-electron chi connectivity index (χ0n) is 9.34. The Balaban J connectivity index is 2.08. The van der Waals surface area contributed by atoms with E-state index in [1.165, 1.54) is 0 Å². The number of carbonyl (C=O) groups is 1. The van der Waals surface area contributed by atoms with Crippen LogP contribution in [-0.4, -0.2) is 28.6 Å². The van der Waals surface area contributed by atoms with Crippen molar-refractivity contribution in [2.24, 2.45) is 5.92 Å². The minimum absolute atomic E-state index is 0.187. The quantitative estimate of drug-likeness (QED) is 0.825. The maximum atomic E-state index is 10.9. The fraction of sp³-hybridized carbons (Fsp3) is 0.500. The molecule has 1 N–H and O–H groups in total. The smallest absolute Gasteiger partial charge is 0.306 e. The SMILES string of the molecule is CC1CC(C(=O)O)CCN1c1ccncc1. The van der Waals surface area contributed by atoms with Gasteiger partial charge in [0, 0.05) is 30.7 Å². The molecule has 0 saturated carbocycles. The van der Waals surface area contributed by atoms with E-state index in [-0.39, 0.29) is 12.0 Å². The van der Waals surface area contributed by atoms with Gasteiger partial charge in [0.15, 0.2) is 0 Å². The molecule has 4 heteroatoms. The number of anilines is 1. The summed E-state index contributed by atoms with van der Waals surface area (Å²) in [5, 5.41) is 8.98. The average Bonchev–Trinajstić information content (AvgIpc) is 2.30. The zero-order chi connectivity index (χ0) is 11.5. The van der Waals surface area contributed by atoms with Gasteiger partial charge in [0.25, 0.3) is 0 Å². The lowest BCUT2D eigenvalue weighted by atomic mass is 9.91. The average molecular weight is 220 g/mol. The molecule has 1 aromatic heterocycles. The summed E-state index contributed by atoms with van der Waals surface area (Å²) in [6.07, 6.45) is 4.98. The fourth-order valence-electron chi connectivity index (χ4n) is 2.32. The summed E-state index contributed by atoms with van der Waals surface area (Å²) >= 11 is 0. The molecule has 16 heavy (non-hydrogen) atoms. The molecule has 86 valence electrons. The molecule has 0 bridgehead atoms. The van der Waals surface area contributed by atoms with Gasteiger partial charge in [-0.1, -0.05) is 0 Å². The third kappa shape index (κ3) is 2.15. The minimum Gasteiger partial charge on any atom is -0.481 e. The summed E-state index contributed by atoms with van der Waals surface area (Å²) in [7, 11) is 0. The van der Waals surface area contributed by atoms with E-state index in [1.54, 1.807) is 12.4 Å². The van der Waals surface area contributed by atoms with Crippen molar-refractivity contribution < 1.29 is 9.90 Å². The number of aromatic nitrogens is 1. The highest BCUT2D eigenvalue weighted by Crippen LogP contribution is 2.27. The van der Waals surface area contributed by atoms with Crippen molar-refractivity contribution in [2.75, 3.05) is 11.4 Å². The standard InChI is InChI=1S/C12H16N2O2/c1-9-8-10(12(15)16)4-7-14(9)11-2-5-13-6-3-11/h2-3,5-6,9-10H,4,7-8H2,1H3,(H,15,16). The second-order valence-corrected chi connectivity index (χ2v) is 4.31. The monoisotopic (exact) mass is 220 g/mol. The second-order valence-electron chi connectivity index (χ2n) is 4.31. The van der Waals surface area contributed by atoms with Crippen LogP contribution < -0.4 is 4.90 Å². The molecular formula is C12H16N2O2. The Morgan fingerprint density at radius 3 is 2.75 bits per heavy atom. The summed E-state index contributed by atoms with van der Waals surface area (Å²) < 4.78 is 0. The summed E-state index contributed by atoms with van der Waals surface area (Å²) in [4.78, 5) is 17.2. The van der Waals surface area contributed by atoms with Crippen LogP contribution >= 0.6 is 0 Å². The van der Waals surface area contributed by atoms with Gasteiger partial charge in [0.2, 0.25) is 0 Å². The molecule has 0 spiro atoms. The Bertz CT molecular complexity index is 367. The number of rotatable bonds is 2. The number of nitrogens with zero attached hydrogens (tertiary/aromatic N) is 2. The van der Waals surface area contributed by atoms with E-state index >= 15 is 0 Å². The molecule has 1 aliphatic rings. The molecule has 2 unspecified atom stereocenters. The van der Waals surface area contributed by atoms with E-state index in [0.717, 1.165) is 25.1 Å². The molecule has 0 aliphatic carbocycles. The minimum atomic E-state index is -0.666. The van der Waals surface area contributed by atoms with Crippen LogP contribution in [0.4, 0.5) is 5.69 Å². The maximum Gasteiger partial charge on any atom is 0.306 e. The molecule has 0 radical (unpaired) electrons. The van der Waals surface area contributed by atoms with Gasteiger partial charge in [0.05, 0.1) is 5.92 Å². The number of hydrogen-bond acceptors (Lipinski definition) is 3. The van der Waals surface area contributed by atoms with Gasteiger partial charge in [-0.15, -0.1) is 0 Å². The van der Waals surface area contributed by atoms with Gasteiger partial charge in [-0.3, -0.25) is 9.78 Å². The predicted molar refractivity (Wildman–Crippen MR) is 61.4 cm³/mol. The molecule has 2 heterocycles. The Morgan fingerprint density at radius 1 is 1.50 bits per heavy atom. The van der Waals surface area contributed by atoms with Crippen molar-refractivity contribution in [1.29, 1.82) is 0 Å². The van der Waals surface area contributed by atoms with Crippen LogP contribution in [0, 0.1) is 5.92 Å². The van der Waals surface area contributed by atoms with Gasteiger partial charge in [0.1, 0.15) is 0 Å². The van der Waals surface area contributed by atoms with Crippen LogP contribution in [-0.2, 0) is 4.79 Å². The molecule has 2 rings (SSSR count). The van der Waals surface area contributed by atoms with E-state index in [0.29, 0.717) is 0 Å². The van der Waals surface area contributed by atoms with E-state index in [9.17, 15) is 4.79 Å². The van der Waals surface area contributed by atoms with Crippen LogP contribution in [0.3, 0.4) is 0 Å². The Kier molecular flexibility index (Phi) is 3.08. The second kappa shape index (κ2) is 4.51. The van der Waals surface area contributed by atoms with E-state index in [1.807, 2.05) is 12.1 Å². The number of piperidine rings is 1. The van der Waals surface area contributed by atoms with Crippen LogP contribution in [0.5, 0.6) is 0 Å². The van der Waals surface area contributed by atoms with E-state index in [4.69, 9.17) is 5.11 Å². The van der Waals surface area contributed by atoms with Crippen molar-refractivity contribution in [3.63, 3.8) is 0 Å². The first-order valence-corrected chi connectivity index (χ1v) is 5.58. The molecule has 1 saturated heterocycles. The van der Waals surface area contributed by atoms with Gasteiger partial charge in [-0.2, -0.15) is 0 Å². The van der Waals surface area contributed by atoms with Gasteiger partial charge in [-0.25, -0.2) is 0 Å². The first-order chi connectivity index (χ1) is 7.68. The lowest BCUT2D eigenvalue weighted by molar-refractivity contribution is -0.142. The highest BCUT2D eigenvalue weighted by molar-refractivity contribution is 5.70. The maximum absolute atomic E-state index is 10.9. The first kappa shape index (κ1) is 10.9. The van der Waals surface area contributed by atoms with Crippen molar-refractivity contribution in [2.45, 2.75) is 25.8 Å². The van der Waals surface area contributed by atoms with Gasteiger partial charge in [-0.05, 0) is 31.9 Å². The zero-order valence-corrected chi connectivity index (χ0v) is 9.34. The summed E-state index contributed by atoms with van der Waals surface area (Å²) in [5.41, 5.74) is 1.13. The van der Waals surface area contributed by atoms with Gasteiger partial charge >= 0.3 is 5.97 Å². The number of pyridine rings is 1. The van der Waals surface area contributed by atoms with Crippen molar-refractivity contribution in [3.8, 4) is 0 Å². The predicted octanol–water partition coefficient (Wildman–Crippen LogP) is 1.77. The fourth-order valence-corrected chi connectivity index (χ4v) is 2.32. The van der Waals surface area contributed by atoms with E-state index < -0.39 is 5.97 Å². The van der Waals surface area contributed by atoms with Crippen molar-refractivity contribution in [1.82, 2.24) is 4.98 Å². The number of carboxylic acids is 1. The Labute approximate surface area is 94.9 Å². The molecule has 0 amide bonds. The van der Waals surface area contributed by atoms with Crippen molar-refractivity contribution in [3.05, 3.63) is 24.5 Å². The van der Waals surface area contributed by atoms with Crippen LogP contribution in [0.15, 0.2) is 24.5 Å². The first-order valence-electron chi connectivity index (χ1n) is 5.58. The number of carboxylic acid groups (broad SMARTS) is 1. The Morgan fingerprint density at radius 2 is 2.19 bits per heavy atom.